The van der Waals surface area contributed by atoms with E-state index in [9.17, 15) is 18.0 Å². The number of nitriles is 1. The van der Waals surface area contributed by atoms with E-state index in [4.69, 9.17) is 21.6 Å². The van der Waals surface area contributed by atoms with Crippen molar-refractivity contribution in [3.8, 4) is 6.07 Å². The van der Waals surface area contributed by atoms with Crippen LogP contribution in [-0.2, 0) is 19.6 Å². The number of benzene rings is 1. The quantitative estimate of drug-likeness (QED) is 0.641. The molecule has 0 unspecified atom stereocenters. The first kappa shape index (κ1) is 21.9. The second-order valence-electron chi connectivity index (χ2n) is 5.64. The molecular formula is C16H20ClN3O5S. The van der Waals surface area contributed by atoms with Crippen molar-refractivity contribution in [3.63, 3.8) is 0 Å². The van der Waals surface area contributed by atoms with Gasteiger partial charge in [-0.25, -0.2) is 17.5 Å². The number of sulfonamides is 1. The van der Waals surface area contributed by atoms with Gasteiger partial charge in [0.15, 0.2) is 6.10 Å². The van der Waals surface area contributed by atoms with Crippen LogP contribution in [0.15, 0.2) is 23.1 Å². The highest BCUT2D eigenvalue weighted by Crippen LogP contribution is 2.23. The van der Waals surface area contributed by atoms with Crippen molar-refractivity contribution < 1.29 is 22.7 Å². The van der Waals surface area contributed by atoms with Crippen LogP contribution in [0.2, 0.25) is 5.02 Å². The van der Waals surface area contributed by atoms with Crippen molar-refractivity contribution in [2.24, 2.45) is 0 Å². The van der Waals surface area contributed by atoms with Crippen molar-refractivity contribution in [3.05, 3.63) is 28.8 Å². The minimum absolute atomic E-state index is 0.00481. The Morgan fingerprint density at radius 2 is 1.92 bits per heavy atom. The topological polar surface area (TPSA) is 108 Å². The molecule has 0 aliphatic heterocycles. The molecule has 142 valence electrons. The molecule has 0 radical (unpaired) electrons. The molecule has 8 nitrogen and oxygen atoms in total. The molecular weight excluding hydrogens is 382 g/mol. The van der Waals surface area contributed by atoms with E-state index in [-0.39, 0.29) is 28.4 Å². The van der Waals surface area contributed by atoms with Crippen LogP contribution in [0.5, 0.6) is 0 Å². The molecule has 0 bridgehead atoms. The van der Waals surface area contributed by atoms with Crippen LogP contribution in [0.1, 0.15) is 23.7 Å². The molecule has 1 aromatic rings. The molecule has 1 rings (SSSR count). The fraction of sp³-hybridized carbons (Fsp3) is 0.438. The number of esters is 1. The zero-order valence-corrected chi connectivity index (χ0v) is 16.5. The second kappa shape index (κ2) is 8.98. The van der Waals surface area contributed by atoms with Crippen molar-refractivity contribution in [2.45, 2.75) is 24.3 Å². The van der Waals surface area contributed by atoms with Crippen LogP contribution in [0.4, 0.5) is 0 Å². The summed E-state index contributed by atoms with van der Waals surface area (Å²) in [6.45, 7) is 1.59. The van der Waals surface area contributed by atoms with Crippen molar-refractivity contribution in [1.82, 2.24) is 9.21 Å². The molecule has 0 heterocycles. The van der Waals surface area contributed by atoms with E-state index in [1.807, 2.05) is 6.07 Å². The highest BCUT2D eigenvalue weighted by molar-refractivity contribution is 7.89. The molecule has 0 fully saturated rings. The van der Waals surface area contributed by atoms with Crippen LogP contribution in [0, 0.1) is 11.3 Å². The Hall–Kier alpha value is -2.15. The zero-order valence-electron chi connectivity index (χ0n) is 14.9. The largest absolute Gasteiger partial charge is 0.449 e. The first-order chi connectivity index (χ1) is 12.0. The average molecular weight is 402 g/mol. The third-order valence-corrected chi connectivity index (χ3v) is 5.64. The number of likely N-dealkylation sites (N-methyl/N-ethyl adjacent to an activating group) is 1. The summed E-state index contributed by atoms with van der Waals surface area (Å²) in [6, 6.07) is 5.58. The van der Waals surface area contributed by atoms with Gasteiger partial charge in [-0.05, 0) is 25.1 Å². The summed E-state index contributed by atoms with van der Waals surface area (Å²) < 4.78 is 30.5. The summed E-state index contributed by atoms with van der Waals surface area (Å²) >= 11 is 5.97. The summed E-state index contributed by atoms with van der Waals surface area (Å²) in [7, 11) is 0.452. The Balaban J connectivity index is 3.01. The predicted molar refractivity (Wildman–Crippen MR) is 95.1 cm³/mol. The lowest BCUT2D eigenvalue weighted by Gasteiger charge is -2.20. The lowest BCUT2D eigenvalue weighted by Crippen LogP contribution is -2.38. The number of halogens is 1. The fourth-order valence-electron chi connectivity index (χ4n) is 1.94. The van der Waals surface area contributed by atoms with E-state index in [0.717, 1.165) is 10.4 Å². The Kier molecular flexibility index (Phi) is 7.56. The Morgan fingerprint density at radius 3 is 2.46 bits per heavy atom. The number of carbonyl (C=O) groups excluding carboxylic acids is 2. The van der Waals surface area contributed by atoms with Gasteiger partial charge in [0, 0.05) is 27.7 Å². The van der Waals surface area contributed by atoms with E-state index >= 15 is 0 Å². The predicted octanol–water partition coefficient (Wildman–Crippen LogP) is 1.51. The van der Waals surface area contributed by atoms with E-state index in [0.29, 0.717) is 0 Å². The molecule has 0 saturated heterocycles. The number of amides is 1. The van der Waals surface area contributed by atoms with Gasteiger partial charge >= 0.3 is 5.97 Å². The standard InChI is InChI=1S/C16H20ClN3O5S/c1-11(15(21)20(4)9-5-8-18)25-16(22)13-10-12(6-7-14(13)17)26(23,24)19(2)3/h6-7,10-11H,5,9H2,1-4H3/t11-/m0/s1. The van der Waals surface area contributed by atoms with Gasteiger partial charge in [-0.15, -0.1) is 0 Å². The number of carbonyl (C=O) groups is 2. The molecule has 10 heteroatoms. The first-order valence-electron chi connectivity index (χ1n) is 7.57. The minimum Gasteiger partial charge on any atom is -0.449 e. The van der Waals surface area contributed by atoms with Crippen LogP contribution in [0.25, 0.3) is 0 Å². The Labute approximate surface area is 157 Å². The van der Waals surface area contributed by atoms with Crippen molar-refractivity contribution in [2.75, 3.05) is 27.7 Å². The third-order valence-electron chi connectivity index (χ3n) is 3.50. The van der Waals surface area contributed by atoms with Crippen LogP contribution in [-0.4, -0.2) is 63.3 Å². The SMILES string of the molecule is C[C@H](OC(=O)c1cc(S(=O)(=O)N(C)C)ccc1Cl)C(=O)N(C)CCC#N. The highest BCUT2D eigenvalue weighted by atomic mass is 35.5. The van der Waals surface area contributed by atoms with Gasteiger partial charge in [-0.2, -0.15) is 5.26 Å². The molecule has 0 aromatic heterocycles. The van der Waals surface area contributed by atoms with E-state index in [1.54, 1.807) is 0 Å². The van der Waals surface area contributed by atoms with Gasteiger partial charge in [0.2, 0.25) is 10.0 Å². The highest BCUT2D eigenvalue weighted by Gasteiger charge is 2.25. The summed E-state index contributed by atoms with van der Waals surface area (Å²) in [5.41, 5.74) is -0.158. The molecule has 26 heavy (non-hydrogen) atoms. The maximum absolute atomic E-state index is 12.3. The maximum Gasteiger partial charge on any atom is 0.340 e. The van der Waals surface area contributed by atoms with Gasteiger partial charge in [-0.3, -0.25) is 4.79 Å². The minimum atomic E-state index is -3.76. The fourth-order valence-corrected chi connectivity index (χ4v) is 3.07. The zero-order chi connectivity index (χ0) is 20.1. The van der Waals surface area contributed by atoms with Gasteiger partial charge in [0.05, 0.1) is 28.0 Å². The molecule has 1 aromatic carbocycles. The number of nitrogens with zero attached hydrogens (tertiary/aromatic N) is 3. The monoisotopic (exact) mass is 401 g/mol. The van der Waals surface area contributed by atoms with Crippen LogP contribution < -0.4 is 0 Å². The third kappa shape index (κ3) is 5.17. The molecule has 1 amide bonds. The van der Waals surface area contributed by atoms with Crippen LogP contribution in [0.3, 0.4) is 0 Å². The Bertz CT molecular complexity index is 833. The molecule has 0 spiro atoms. The number of ether oxygens (including phenoxy) is 1. The maximum atomic E-state index is 12.3. The number of hydrogen-bond acceptors (Lipinski definition) is 6. The molecule has 1 atom stereocenters. The van der Waals surface area contributed by atoms with Gasteiger partial charge in [0.25, 0.3) is 5.91 Å². The van der Waals surface area contributed by atoms with Gasteiger partial charge < -0.3 is 9.64 Å². The summed E-state index contributed by atoms with van der Waals surface area (Å²) in [4.78, 5) is 25.6. The summed E-state index contributed by atoms with van der Waals surface area (Å²) in [5, 5.41) is 8.56. The molecule has 0 saturated carbocycles. The van der Waals surface area contributed by atoms with E-state index in [1.165, 1.54) is 45.1 Å². The first-order valence-corrected chi connectivity index (χ1v) is 9.39. The van der Waals surface area contributed by atoms with Gasteiger partial charge in [-0.1, -0.05) is 11.6 Å². The summed E-state index contributed by atoms with van der Waals surface area (Å²) in [6.07, 6.45) is -0.963. The molecule has 0 aliphatic carbocycles. The van der Waals surface area contributed by atoms with Crippen LogP contribution >= 0.6 is 11.6 Å². The smallest absolute Gasteiger partial charge is 0.340 e. The molecule has 0 aliphatic rings. The number of hydrogen-bond donors (Lipinski definition) is 0. The molecule has 0 N–H and O–H groups in total. The number of rotatable bonds is 7. The van der Waals surface area contributed by atoms with Gasteiger partial charge in [0.1, 0.15) is 0 Å². The van der Waals surface area contributed by atoms with Crippen molar-refractivity contribution in [1.29, 1.82) is 5.26 Å². The van der Waals surface area contributed by atoms with Crippen molar-refractivity contribution >= 4 is 33.5 Å². The summed E-state index contributed by atoms with van der Waals surface area (Å²) in [5.74, 6) is -1.40. The van der Waals surface area contributed by atoms with E-state index in [2.05, 4.69) is 0 Å². The van der Waals surface area contributed by atoms with E-state index < -0.39 is 28.0 Å². The average Bonchev–Trinajstić information content (AvgIpc) is 2.58. The normalized spacial score (nSPS) is 12.3. The lowest BCUT2D eigenvalue weighted by atomic mass is 10.2. The lowest BCUT2D eigenvalue weighted by molar-refractivity contribution is -0.138. The Morgan fingerprint density at radius 1 is 1.31 bits per heavy atom. The second-order valence-corrected chi connectivity index (χ2v) is 8.20.